The lowest BCUT2D eigenvalue weighted by atomic mass is 10.1. The molecule has 1 atom stereocenters. The molecule has 20 heavy (non-hydrogen) atoms. The Balaban J connectivity index is 2.31. The van der Waals surface area contributed by atoms with Gasteiger partial charge in [0.25, 0.3) is 0 Å². The number of thioether (sulfide) groups is 1. The summed E-state index contributed by atoms with van der Waals surface area (Å²) in [4.78, 5) is 16.2. The summed E-state index contributed by atoms with van der Waals surface area (Å²) in [5.41, 5.74) is 1.94. The van der Waals surface area contributed by atoms with E-state index in [0.29, 0.717) is 11.6 Å². The zero-order valence-corrected chi connectivity index (χ0v) is 12.5. The van der Waals surface area contributed by atoms with Gasteiger partial charge in [0.2, 0.25) is 0 Å². The van der Waals surface area contributed by atoms with Crippen LogP contribution >= 0.6 is 11.8 Å². The maximum Gasteiger partial charge on any atom is 0.337 e. The van der Waals surface area contributed by atoms with E-state index < -0.39 is 5.97 Å². The molecule has 2 aromatic rings. The maximum absolute atomic E-state index is 11.5. The fourth-order valence-corrected chi connectivity index (χ4v) is 4.03. The van der Waals surface area contributed by atoms with E-state index in [1.807, 2.05) is 17.8 Å². The number of nitrogens with zero attached hydrogens (tertiary/aromatic N) is 2. The molecule has 0 spiro atoms. The van der Waals surface area contributed by atoms with Crippen LogP contribution in [0.5, 0.6) is 0 Å². The predicted octanol–water partition coefficient (Wildman–Crippen LogP) is 3.54. The van der Waals surface area contributed by atoms with Crippen LogP contribution in [0.25, 0.3) is 11.0 Å². The SMILES string of the molecule is CC(C)c1nc2cccc(C(=O)O)c2n1C1CCSC1. The predicted molar refractivity (Wildman–Crippen MR) is 81.8 cm³/mol. The summed E-state index contributed by atoms with van der Waals surface area (Å²) in [6.45, 7) is 4.22. The van der Waals surface area contributed by atoms with Crippen molar-refractivity contribution in [2.24, 2.45) is 0 Å². The third-order valence-electron chi connectivity index (χ3n) is 3.76. The minimum absolute atomic E-state index is 0.287. The maximum atomic E-state index is 11.5. The second-order valence-electron chi connectivity index (χ2n) is 5.49. The highest BCUT2D eigenvalue weighted by Crippen LogP contribution is 2.35. The van der Waals surface area contributed by atoms with E-state index in [9.17, 15) is 9.90 Å². The molecular formula is C15H18N2O2S. The summed E-state index contributed by atoms with van der Waals surface area (Å²) in [7, 11) is 0. The van der Waals surface area contributed by atoms with E-state index in [4.69, 9.17) is 4.98 Å². The molecule has 1 aromatic heterocycles. The van der Waals surface area contributed by atoms with E-state index in [1.165, 1.54) is 0 Å². The second-order valence-corrected chi connectivity index (χ2v) is 6.64. The summed E-state index contributed by atoms with van der Waals surface area (Å²) < 4.78 is 2.18. The quantitative estimate of drug-likeness (QED) is 0.939. The minimum Gasteiger partial charge on any atom is -0.478 e. The van der Waals surface area contributed by atoms with Crippen molar-refractivity contribution in [3.05, 3.63) is 29.6 Å². The van der Waals surface area contributed by atoms with Crippen molar-refractivity contribution in [1.29, 1.82) is 0 Å². The lowest BCUT2D eigenvalue weighted by Crippen LogP contribution is -2.14. The van der Waals surface area contributed by atoms with E-state index in [2.05, 4.69) is 18.4 Å². The Morgan fingerprint density at radius 3 is 2.90 bits per heavy atom. The third-order valence-corrected chi connectivity index (χ3v) is 4.90. The molecule has 1 aromatic carbocycles. The van der Waals surface area contributed by atoms with Gasteiger partial charge in [-0.15, -0.1) is 0 Å². The van der Waals surface area contributed by atoms with Gasteiger partial charge >= 0.3 is 5.97 Å². The Labute approximate surface area is 122 Å². The zero-order chi connectivity index (χ0) is 14.3. The number of carbonyl (C=O) groups is 1. The van der Waals surface area contributed by atoms with Crippen LogP contribution in [0.15, 0.2) is 18.2 Å². The van der Waals surface area contributed by atoms with Gasteiger partial charge in [0, 0.05) is 17.7 Å². The highest BCUT2D eigenvalue weighted by Gasteiger charge is 2.26. The van der Waals surface area contributed by atoms with Crippen LogP contribution in [0.3, 0.4) is 0 Å². The fraction of sp³-hybridized carbons (Fsp3) is 0.467. The van der Waals surface area contributed by atoms with Crippen molar-refractivity contribution in [2.75, 3.05) is 11.5 Å². The number of aromatic nitrogens is 2. The zero-order valence-electron chi connectivity index (χ0n) is 11.7. The number of imidazole rings is 1. The topological polar surface area (TPSA) is 55.1 Å². The summed E-state index contributed by atoms with van der Waals surface area (Å²) in [6, 6.07) is 5.72. The lowest BCUT2D eigenvalue weighted by Gasteiger charge is -2.18. The van der Waals surface area contributed by atoms with E-state index in [-0.39, 0.29) is 5.92 Å². The van der Waals surface area contributed by atoms with Crippen LogP contribution in [-0.2, 0) is 0 Å². The molecule has 5 heteroatoms. The van der Waals surface area contributed by atoms with Gasteiger partial charge in [-0.05, 0) is 24.3 Å². The second kappa shape index (κ2) is 5.13. The third kappa shape index (κ3) is 2.10. The number of para-hydroxylation sites is 1. The first-order valence-electron chi connectivity index (χ1n) is 6.91. The van der Waals surface area contributed by atoms with Gasteiger partial charge in [0.15, 0.2) is 0 Å². The number of hydrogen-bond acceptors (Lipinski definition) is 3. The van der Waals surface area contributed by atoms with Gasteiger partial charge in [0.1, 0.15) is 5.82 Å². The summed E-state index contributed by atoms with van der Waals surface area (Å²) in [5.74, 6) is 2.59. The molecule has 1 unspecified atom stereocenters. The van der Waals surface area contributed by atoms with Gasteiger partial charge in [-0.2, -0.15) is 11.8 Å². The number of rotatable bonds is 3. The van der Waals surface area contributed by atoms with Gasteiger partial charge in [-0.1, -0.05) is 19.9 Å². The minimum atomic E-state index is -0.877. The van der Waals surface area contributed by atoms with Gasteiger partial charge < -0.3 is 9.67 Å². The first-order chi connectivity index (χ1) is 9.59. The molecule has 0 amide bonds. The first kappa shape index (κ1) is 13.5. The normalized spacial score (nSPS) is 19.1. The smallest absolute Gasteiger partial charge is 0.337 e. The van der Waals surface area contributed by atoms with Crippen molar-refractivity contribution in [3.8, 4) is 0 Å². The Bertz CT molecular complexity index is 657. The molecule has 1 aliphatic rings. The molecule has 1 saturated heterocycles. The average Bonchev–Trinajstić information content (AvgIpc) is 3.04. The Hall–Kier alpha value is -1.49. The molecule has 0 saturated carbocycles. The van der Waals surface area contributed by atoms with Crippen molar-refractivity contribution < 1.29 is 9.90 Å². The molecule has 0 bridgehead atoms. The van der Waals surface area contributed by atoms with Crippen LogP contribution in [0.4, 0.5) is 0 Å². The number of carboxylic acid groups (broad SMARTS) is 1. The highest BCUT2D eigenvalue weighted by molar-refractivity contribution is 7.99. The standard InChI is InChI=1S/C15H18N2O2S/c1-9(2)14-16-12-5-3-4-11(15(18)19)13(12)17(14)10-6-7-20-8-10/h3-5,9-10H,6-8H2,1-2H3,(H,18,19). The number of aromatic carboxylic acids is 1. The summed E-state index contributed by atoms with van der Waals surface area (Å²) in [6.07, 6.45) is 1.09. The molecule has 0 aliphatic carbocycles. The molecule has 1 aliphatic heterocycles. The summed E-state index contributed by atoms with van der Waals surface area (Å²) in [5, 5.41) is 9.45. The first-order valence-corrected chi connectivity index (χ1v) is 8.07. The monoisotopic (exact) mass is 290 g/mol. The number of hydrogen-bond donors (Lipinski definition) is 1. The molecule has 1 fully saturated rings. The summed E-state index contributed by atoms with van der Waals surface area (Å²) >= 11 is 1.93. The molecule has 3 rings (SSSR count). The van der Waals surface area contributed by atoms with Crippen molar-refractivity contribution in [1.82, 2.24) is 9.55 Å². The Kier molecular flexibility index (Phi) is 3.46. The Morgan fingerprint density at radius 1 is 1.50 bits per heavy atom. The van der Waals surface area contributed by atoms with Crippen molar-refractivity contribution in [2.45, 2.75) is 32.2 Å². The van der Waals surface area contributed by atoms with Crippen LogP contribution < -0.4 is 0 Å². The van der Waals surface area contributed by atoms with Crippen molar-refractivity contribution in [3.63, 3.8) is 0 Å². The molecule has 1 N–H and O–H groups in total. The van der Waals surface area contributed by atoms with E-state index >= 15 is 0 Å². The van der Waals surface area contributed by atoms with Gasteiger partial charge in [-0.3, -0.25) is 0 Å². The van der Waals surface area contributed by atoms with E-state index in [0.717, 1.165) is 34.8 Å². The van der Waals surface area contributed by atoms with Crippen LogP contribution in [0, 0.1) is 0 Å². The Morgan fingerprint density at radius 2 is 2.30 bits per heavy atom. The number of benzene rings is 1. The van der Waals surface area contributed by atoms with Crippen LogP contribution in [0.2, 0.25) is 0 Å². The highest BCUT2D eigenvalue weighted by atomic mass is 32.2. The average molecular weight is 290 g/mol. The molecule has 0 radical (unpaired) electrons. The van der Waals surface area contributed by atoms with E-state index in [1.54, 1.807) is 12.1 Å². The molecule has 4 nitrogen and oxygen atoms in total. The fourth-order valence-electron chi connectivity index (χ4n) is 2.84. The molecule has 2 heterocycles. The van der Waals surface area contributed by atoms with Gasteiger partial charge in [-0.25, -0.2) is 9.78 Å². The van der Waals surface area contributed by atoms with Crippen molar-refractivity contribution >= 4 is 28.8 Å². The van der Waals surface area contributed by atoms with Gasteiger partial charge in [0.05, 0.1) is 16.6 Å². The molecular weight excluding hydrogens is 272 g/mol. The number of carboxylic acids is 1. The lowest BCUT2D eigenvalue weighted by molar-refractivity contribution is 0.0698. The number of fused-ring (bicyclic) bond motifs is 1. The largest absolute Gasteiger partial charge is 0.478 e. The molecule has 106 valence electrons. The van der Waals surface area contributed by atoms with Crippen LogP contribution in [-0.4, -0.2) is 32.1 Å². The van der Waals surface area contributed by atoms with Crippen LogP contribution in [0.1, 0.15) is 48.4 Å².